The molecule has 0 aliphatic heterocycles. The van der Waals surface area contributed by atoms with Gasteiger partial charge in [-0.25, -0.2) is 9.37 Å². The molecule has 144 valence electrons. The summed E-state index contributed by atoms with van der Waals surface area (Å²) in [4.78, 5) is 18.1. The lowest BCUT2D eigenvalue weighted by Gasteiger charge is -2.04. The maximum atomic E-state index is 13.4. The van der Waals surface area contributed by atoms with Gasteiger partial charge in [0.25, 0.3) is 5.91 Å². The summed E-state index contributed by atoms with van der Waals surface area (Å²) in [6.07, 6.45) is 0. The van der Waals surface area contributed by atoms with E-state index in [1.165, 1.54) is 29.5 Å². The topological polar surface area (TPSA) is 42.0 Å². The molecule has 1 aromatic heterocycles. The van der Waals surface area contributed by atoms with Gasteiger partial charge in [-0.15, -0.1) is 0 Å². The molecule has 3 nitrogen and oxygen atoms in total. The van der Waals surface area contributed by atoms with Gasteiger partial charge in [0.15, 0.2) is 5.13 Å². The minimum atomic E-state index is -0.384. The summed E-state index contributed by atoms with van der Waals surface area (Å²) in [5, 5.41) is 3.92. The Kier molecular flexibility index (Phi) is 5.62. The third kappa shape index (κ3) is 4.32. The maximum Gasteiger partial charge on any atom is 0.258 e. The van der Waals surface area contributed by atoms with E-state index in [4.69, 9.17) is 23.2 Å². The fourth-order valence-corrected chi connectivity index (χ4v) is 4.28. The van der Waals surface area contributed by atoms with Gasteiger partial charge in [-0.1, -0.05) is 64.9 Å². The zero-order valence-electron chi connectivity index (χ0n) is 14.8. The Morgan fingerprint density at radius 1 is 0.931 bits per heavy atom. The van der Waals surface area contributed by atoms with Gasteiger partial charge in [-0.2, -0.15) is 0 Å². The monoisotopic (exact) mass is 442 g/mol. The van der Waals surface area contributed by atoms with Crippen LogP contribution in [0.5, 0.6) is 0 Å². The SMILES string of the molecule is O=C(Nc1nc(-c2ccc(F)cc2)c(-c2ccccc2)s1)c1ccc(Cl)cc1Cl. The third-order valence-electron chi connectivity index (χ3n) is 4.18. The first-order valence-electron chi connectivity index (χ1n) is 8.60. The molecule has 0 saturated carbocycles. The lowest BCUT2D eigenvalue weighted by atomic mass is 10.1. The van der Waals surface area contributed by atoms with Crippen molar-refractivity contribution in [1.82, 2.24) is 4.98 Å². The number of hydrogen-bond donors (Lipinski definition) is 1. The van der Waals surface area contributed by atoms with Gasteiger partial charge >= 0.3 is 0 Å². The van der Waals surface area contributed by atoms with Crippen molar-refractivity contribution in [2.45, 2.75) is 0 Å². The number of halogens is 3. The van der Waals surface area contributed by atoms with Crippen molar-refractivity contribution in [2.75, 3.05) is 5.32 Å². The van der Waals surface area contributed by atoms with E-state index in [2.05, 4.69) is 10.3 Å². The fourth-order valence-electron chi connectivity index (χ4n) is 2.80. The van der Waals surface area contributed by atoms with Crippen LogP contribution in [0.25, 0.3) is 21.7 Å². The Hall–Kier alpha value is -2.73. The van der Waals surface area contributed by atoms with Crippen LogP contribution in [0.3, 0.4) is 0 Å². The number of carbonyl (C=O) groups excluding carboxylic acids is 1. The van der Waals surface area contributed by atoms with E-state index in [1.807, 2.05) is 30.3 Å². The second-order valence-electron chi connectivity index (χ2n) is 6.15. The molecule has 0 bridgehead atoms. The predicted molar refractivity (Wildman–Crippen MR) is 117 cm³/mol. The third-order valence-corrected chi connectivity index (χ3v) is 5.74. The minimum absolute atomic E-state index is 0.258. The molecule has 0 spiro atoms. The van der Waals surface area contributed by atoms with Gasteiger partial charge in [-0.05, 0) is 48.0 Å². The molecule has 4 rings (SSSR count). The van der Waals surface area contributed by atoms with Gasteiger partial charge < -0.3 is 0 Å². The Balaban J connectivity index is 1.73. The van der Waals surface area contributed by atoms with Gasteiger partial charge in [0.2, 0.25) is 0 Å². The highest BCUT2D eigenvalue weighted by Gasteiger charge is 2.18. The number of aromatic nitrogens is 1. The minimum Gasteiger partial charge on any atom is -0.298 e. The second-order valence-corrected chi connectivity index (χ2v) is 7.99. The van der Waals surface area contributed by atoms with E-state index in [0.29, 0.717) is 21.4 Å². The molecule has 1 N–H and O–H groups in total. The quantitative estimate of drug-likeness (QED) is 0.363. The van der Waals surface area contributed by atoms with Crippen molar-refractivity contribution >= 4 is 45.6 Å². The van der Waals surface area contributed by atoms with Crippen molar-refractivity contribution in [3.63, 3.8) is 0 Å². The molecule has 0 radical (unpaired) electrons. The van der Waals surface area contributed by atoms with E-state index in [9.17, 15) is 9.18 Å². The maximum absolute atomic E-state index is 13.4. The van der Waals surface area contributed by atoms with Gasteiger partial charge in [0.1, 0.15) is 5.82 Å². The Bertz CT molecular complexity index is 1180. The van der Waals surface area contributed by atoms with Crippen molar-refractivity contribution < 1.29 is 9.18 Å². The number of carbonyl (C=O) groups is 1. The average Bonchev–Trinajstić information content (AvgIpc) is 3.13. The molecular weight excluding hydrogens is 430 g/mol. The summed E-state index contributed by atoms with van der Waals surface area (Å²) < 4.78 is 13.4. The summed E-state index contributed by atoms with van der Waals surface area (Å²) in [7, 11) is 0. The zero-order valence-corrected chi connectivity index (χ0v) is 17.2. The summed E-state index contributed by atoms with van der Waals surface area (Å²) >= 11 is 13.4. The number of rotatable bonds is 4. The molecule has 0 saturated heterocycles. The van der Waals surface area contributed by atoms with Crippen LogP contribution in [0.2, 0.25) is 10.0 Å². The highest BCUT2D eigenvalue weighted by atomic mass is 35.5. The van der Waals surface area contributed by atoms with Crippen LogP contribution in [-0.4, -0.2) is 10.9 Å². The molecule has 0 aliphatic carbocycles. The Morgan fingerprint density at radius 2 is 1.66 bits per heavy atom. The molecular formula is C22H13Cl2FN2OS. The van der Waals surface area contributed by atoms with Gasteiger partial charge in [0.05, 0.1) is 21.2 Å². The molecule has 7 heteroatoms. The first-order valence-corrected chi connectivity index (χ1v) is 10.2. The number of nitrogens with one attached hydrogen (secondary N) is 1. The number of thiazole rings is 1. The first-order chi connectivity index (χ1) is 14.0. The molecule has 0 aliphatic rings. The molecule has 3 aromatic carbocycles. The average molecular weight is 443 g/mol. The molecule has 1 amide bonds. The number of hydrogen-bond acceptors (Lipinski definition) is 3. The lowest BCUT2D eigenvalue weighted by Crippen LogP contribution is -2.12. The second kappa shape index (κ2) is 8.33. The van der Waals surface area contributed by atoms with Crippen molar-refractivity contribution in [1.29, 1.82) is 0 Å². The number of nitrogens with zero attached hydrogens (tertiary/aromatic N) is 1. The predicted octanol–water partition coefficient (Wildman–Crippen LogP) is 7.18. The molecule has 29 heavy (non-hydrogen) atoms. The molecule has 0 atom stereocenters. The number of amides is 1. The molecule has 0 unspecified atom stereocenters. The van der Waals surface area contributed by atoms with Crippen molar-refractivity contribution in [2.24, 2.45) is 0 Å². The summed E-state index contributed by atoms with van der Waals surface area (Å²) in [6.45, 7) is 0. The van der Waals surface area contributed by atoms with E-state index < -0.39 is 0 Å². The van der Waals surface area contributed by atoms with Crippen LogP contribution in [0, 0.1) is 5.82 Å². The standard InChI is InChI=1S/C22H13Cl2FN2OS/c23-15-8-11-17(18(24)12-15)21(28)27-22-26-19(13-6-9-16(25)10-7-13)20(29-22)14-4-2-1-3-5-14/h1-12H,(H,26,27,28). The summed E-state index contributed by atoms with van der Waals surface area (Å²) in [5.74, 6) is -0.707. The van der Waals surface area contributed by atoms with Crippen molar-refractivity contribution in [3.8, 4) is 21.7 Å². The Labute approximate surface area is 180 Å². The number of anilines is 1. The van der Waals surface area contributed by atoms with Gasteiger partial charge in [0, 0.05) is 10.6 Å². The van der Waals surface area contributed by atoms with E-state index in [-0.39, 0.29) is 16.7 Å². The van der Waals surface area contributed by atoms with E-state index in [0.717, 1.165) is 16.0 Å². The smallest absolute Gasteiger partial charge is 0.258 e. The molecule has 0 fully saturated rings. The van der Waals surface area contributed by atoms with Crippen LogP contribution in [0.1, 0.15) is 10.4 Å². The largest absolute Gasteiger partial charge is 0.298 e. The van der Waals surface area contributed by atoms with Crippen LogP contribution in [0.4, 0.5) is 9.52 Å². The highest BCUT2D eigenvalue weighted by Crippen LogP contribution is 2.39. The summed E-state index contributed by atoms with van der Waals surface area (Å²) in [6, 6.07) is 20.5. The fraction of sp³-hybridized carbons (Fsp3) is 0. The zero-order chi connectivity index (χ0) is 20.4. The number of benzene rings is 3. The highest BCUT2D eigenvalue weighted by molar-refractivity contribution is 7.19. The molecule has 4 aromatic rings. The van der Waals surface area contributed by atoms with Crippen LogP contribution >= 0.6 is 34.5 Å². The lowest BCUT2D eigenvalue weighted by molar-refractivity contribution is 0.102. The normalized spacial score (nSPS) is 10.7. The van der Waals surface area contributed by atoms with E-state index >= 15 is 0 Å². The van der Waals surface area contributed by atoms with Crippen LogP contribution < -0.4 is 5.32 Å². The Morgan fingerprint density at radius 3 is 2.34 bits per heavy atom. The van der Waals surface area contributed by atoms with Crippen LogP contribution in [0.15, 0.2) is 72.8 Å². The first kappa shape index (κ1) is 19.6. The van der Waals surface area contributed by atoms with Gasteiger partial charge in [-0.3, -0.25) is 10.1 Å². The summed E-state index contributed by atoms with van der Waals surface area (Å²) in [5.41, 5.74) is 2.68. The molecule has 1 heterocycles. The van der Waals surface area contributed by atoms with E-state index in [1.54, 1.807) is 24.3 Å². The van der Waals surface area contributed by atoms with Crippen LogP contribution in [-0.2, 0) is 0 Å². The van der Waals surface area contributed by atoms with Crippen molar-refractivity contribution in [3.05, 3.63) is 94.2 Å².